The van der Waals surface area contributed by atoms with Gasteiger partial charge < -0.3 is 14.8 Å². The number of rotatable bonds is 4. The van der Waals surface area contributed by atoms with E-state index in [0.717, 1.165) is 32.4 Å². The lowest BCUT2D eigenvalue weighted by molar-refractivity contribution is -0.145. The molecule has 146 valence electrons. The Morgan fingerprint density at radius 2 is 1.86 bits per heavy atom. The highest BCUT2D eigenvalue weighted by Gasteiger charge is 2.49. The maximum Gasteiger partial charge on any atom is 0.255 e. The van der Waals surface area contributed by atoms with Gasteiger partial charge >= 0.3 is 0 Å². The smallest absolute Gasteiger partial charge is 0.255 e. The molecule has 6 nitrogen and oxygen atoms in total. The van der Waals surface area contributed by atoms with Crippen molar-refractivity contribution in [3.63, 3.8) is 0 Å². The summed E-state index contributed by atoms with van der Waals surface area (Å²) >= 11 is 0. The number of aromatic amines is 1. The minimum absolute atomic E-state index is 0.123. The van der Waals surface area contributed by atoms with E-state index < -0.39 is 5.41 Å². The van der Waals surface area contributed by atoms with Gasteiger partial charge in [0.1, 0.15) is 0 Å². The third-order valence-corrected chi connectivity index (χ3v) is 6.01. The molecular formula is C22H25N3O3. The highest BCUT2D eigenvalue weighted by molar-refractivity contribution is 5.95. The van der Waals surface area contributed by atoms with Gasteiger partial charge in [0, 0.05) is 38.4 Å². The number of amides is 2. The fourth-order valence-corrected chi connectivity index (χ4v) is 4.42. The Balaban J connectivity index is 1.42. The number of benzene rings is 1. The highest BCUT2D eigenvalue weighted by Crippen LogP contribution is 2.40. The van der Waals surface area contributed by atoms with Crippen molar-refractivity contribution in [3.05, 3.63) is 70.1 Å². The Kier molecular flexibility index (Phi) is 5.03. The largest absolute Gasteiger partial charge is 0.342 e. The molecule has 0 radical (unpaired) electrons. The zero-order valence-corrected chi connectivity index (χ0v) is 15.9. The summed E-state index contributed by atoms with van der Waals surface area (Å²) in [7, 11) is 0. The maximum atomic E-state index is 13.3. The van der Waals surface area contributed by atoms with E-state index in [2.05, 4.69) is 17.1 Å². The zero-order chi connectivity index (χ0) is 19.6. The Labute approximate surface area is 164 Å². The van der Waals surface area contributed by atoms with Gasteiger partial charge in [-0.1, -0.05) is 30.3 Å². The van der Waals surface area contributed by atoms with Crippen LogP contribution in [0.2, 0.25) is 0 Å². The molecule has 28 heavy (non-hydrogen) atoms. The summed E-state index contributed by atoms with van der Waals surface area (Å²) in [6, 6.07) is 13.1. The van der Waals surface area contributed by atoms with Crippen LogP contribution in [0, 0.1) is 5.41 Å². The number of H-pyrrole nitrogens is 1. The second-order valence-electron chi connectivity index (χ2n) is 7.83. The van der Waals surface area contributed by atoms with Crippen molar-refractivity contribution in [2.24, 2.45) is 5.41 Å². The normalized spacial score (nSPS) is 22.1. The van der Waals surface area contributed by atoms with Gasteiger partial charge in [-0.15, -0.1) is 0 Å². The van der Waals surface area contributed by atoms with Crippen LogP contribution in [-0.2, 0) is 11.2 Å². The average Bonchev–Trinajstić information content (AvgIpc) is 3.15. The summed E-state index contributed by atoms with van der Waals surface area (Å²) in [4.78, 5) is 43.5. The van der Waals surface area contributed by atoms with Gasteiger partial charge in [0.2, 0.25) is 11.5 Å². The van der Waals surface area contributed by atoms with Crippen LogP contribution in [-0.4, -0.2) is 52.8 Å². The van der Waals surface area contributed by atoms with Crippen LogP contribution in [0.15, 0.2) is 53.5 Å². The Morgan fingerprint density at radius 3 is 2.61 bits per heavy atom. The van der Waals surface area contributed by atoms with E-state index in [9.17, 15) is 14.4 Å². The molecule has 1 atom stereocenters. The predicted octanol–water partition coefficient (Wildman–Crippen LogP) is 2.07. The number of carbonyl (C=O) groups is 2. The molecule has 0 aliphatic carbocycles. The molecule has 2 amide bonds. The van der Waals surface area contributed by atoms with Crippen molar-refractivity contribution in [2.75, 3.05) is 26.2 Å². The number of pyridine rings is 1. The second kappa shape index (κ2) is 7.62. The standard InChI is InChI=1S/C22H25N3O3/c26-19-8-7-18(15-23-19)20(27)25-14-11-22(16-25)10-4-12-24(21(22)28)13-9-17-5-2-1-3-6-17/h1-3,5-8,15H,4,9-14,16H2,(H,23,26)/t22-/m0/s1. The maximum absolute atomic E-state index is 13.3. The van der Waals surface area contributed by atoms with Crippen LogP contribution >= 0.6 is 0 Å². The Hall–Kier alpha value is -2.89. The summed E-state index contributed by atoms with van der Waals surface area (Å²) < 4.78 is 0. The monoisotopic (exact) mass is 379 g/mol. The Morgan fingerprint density at radius 1 is 1.04 bits per heavy atom. The van der Waals surface area contributed by atoms with Crippen LogP contribution in [0.4, 0.5) is 0 Å². The van der Waals surface area contributed by atoms with E-state index in [-0.39, 0.29) is 17.4 Å². The number of hydrogen-bond acceptors (Lipinski definition) is 3. The van der Waals surface area contributed by atoms with Gasteiger partial charge in [0.05, 0.1) is 11.0 Å². The molecular weight excluding hydrogens is 354 g/mol. The van der Waals surface area contributed by atoms with E-state index in [4.69, 9.17) is 0 Å². The first-order valence-corrected chi connectivity index (χ1v) is 9.89. The van der Waals surface area contributed by atoms with E-state index in [1.165, 1.54) is 17.8 Å². The van der Waals surface area contributed by atoms with Crippen molar-refractivity contribution in [2.45, 2.75) is 25.7 Å². The van der Waals surface area contributed by atoms with E-state index in [1.54, 1.807) is 11.0 Å². The second-order valence-corrected chi connectivity index (χ2v) is 7.83. The Bertz CT molecular complexity index is 904. The molecule has 2 fully saturated rings. The van der Waals surface area contributed by atoms with Crippen LogP contribution in [0.5, 0.6) is 0 Å². The van der Waals surface area contributed by atoms with Gasteiger partial charge in [-0.25, -0.2) is 0 Å². The molecule has 0 unspecified atom stereocenters. The third-order valence-electron chi connectivity index (χ3n) is 6.01. The van der Waals surface area contributed by atoms with Crippen LogP contribution in [0.25, 0.3) is 0 Å². The number of aromatic nitrogens is 1. The number of likely N-dealkylation sites (tertiary alicyclic amines) is 2. The third kappa shape index (κ3) is 3.59. The molecule has 4 rings (SSSR count). The summed E-state index contributed by atoms with van der Waals surface area (Å²) in [5, 5.41) is 0. The minimum Gasteiger partial charge on any atom is -0.342 e. The fourth-order valence-electron chi connectivity index (χ4n) is 4.42. The number of hydrogen-bond donors (Lipinski definition) is 1. The molecule has 3 heterocycles. The molecule has 2 aliphatic heterocycles. The first-order valence-electron chi connectivity index (χ1n) is 9.89. The first-order chi connectivity index (χ1) is 13.6. The van der Waals surface area contributed by atoms with Crippen molar-refractivity contribution in [3.8, 4) is 0 Å². The van der Waals surface area contributed by atoms with Crippen LogP contribution < -0.4 is 5.56 Å². The van der Waals surface area contributed by atoms with Gasteiger partial charge in [0.25, 0.3) is 5.91 Å². The van der Waals surface area contributed by atoms with Crippen molar-refractivity contribution >= 4 is 11.8 Å². The molecule has 1 aromatic heterocycles. The van der Waals surface area contributed by atoms with Crippen molar-refractivity contribution in [1.82, 2.24) is 14.8 Å². The van der Waals surface area contributed by atoms with Gasteiger partial charge in [-0.05, 0) is 37.3 Å². The summed E-state index contributed by atoms with van der Waals surface area (Å²) in [6.07, 6.45) is 4.82. The average molecular weight is 379 g/mol. The number of piperidine rings is 1. The summed E-state index contributed by atoms with van der Waals surface area (Å²) in [5.74, 6) is 0.0637. The molecule has 2 saturated heterocycles. The van der Waals surface area contributed by atoms with Gasteiger partial charge in [-0.3, -0.25) is 14.4 Å². The van der Waals surface area contributed by atoms with Gasteiger partial charge in [-0.2, -0.15) is 0 Å². The first kappa shape index (κ1) is 18.5. The topological polar surface area (TPSA) is 73.5 Å². The van der Waals surface area contributed by atoms with Crippen molar-refractivity contribution < 1.29 is 9.59 Å². The lowest BCUT2D eigenvalue weighted by Crippen LogP contribution is -2.50. The van der Waals surface area contributed by atoms with Crippen LogP contribution in [0.3, 0.4) is 0 Å². The molecule has 0 saturated carbocycles. The van der Waals surface area contributed by atoms with E-state index >= 15 is 0 Å². The van der Waals surface area contributed by atoms with Crippen molar-refractivity contribution in [1.29, 1.82) is 0 Å². The summed E-state index contributed by atoms with van der Waals surface area (Å²) in [6.45, 7) is 2.56. The molecule has 6 heteroatoms. The molecule has 2 aromatic rings. The molecule has 1 N–H and O–H groups in total. The fraction of sp³-hybridized carbons (Fsp3) is 0.409. The molecule has 2 aliphatic rings. The number of nitrogens with one attached hydrogen (secondary N) is 1. The SMILES string of the molecule is O=C(c1ccc(=O)[nH]c1)N1CC[C@@]2(CCCN(CCc3ccccc3)C2=O)C1. The highest BCUT2D eigenvalue weighted by atomic mass is 16.2. The minimum atomic E-state index is -0.452. The predicted molar refractivity (Wildman–Crippen MR) is 106 cm³/mol. The number of nitrogens with zero attached hydrogens (tertiary/aromatic N) is 2. The van der Waals surface area contributed by atoms with E-state index in [1.807, 2.05) is 23.1 Å². The molecule has 0 bridgehead atoms. The molecule has 1 aromatic carbocycles. The molecule has 1 spiro atoms. The zero-order valence-electron chi connectivity index (χ0n) is 15.9. The lowest BCUT2D eigenvalue weighted by atomic mass is 9.78. The van der Waals surface area contributed by atoms with Crippen LogP contribution in [0.1, 0.15) is 35.2 Å². The lowest BCUT2D eigenvalue weighted by Gasteiger charge is -2.39. The summed E-state index contributed by atoms with van der Waals surface area (Å²) in [5.41, 5.74) is 1.01. The quantitative estimate of drug-likeness (QED) is 0.884. The number of carbonyl (C=O) groups excluding carboxylic acids is 2. The van der Waals surface area contributed by atoms with E-state index in [0.29, 0.717) is 25.1 Å². The van der Waals surface area contributed by atoms with Gasteiger partial charge in [0.15, 0.2) is 0 Å².